The van der Waals surface area contributed by atoms with Crippen LogP contribution in [-0.4, -0.2) is 11.0 Å². The first kappa shape index (κ1) is 5.06. The van der Waals surface area contributed by atoms with Crippen molar-refractivity contribution in [1.82, 2.24) is 0 Å². The van der Waals surface area contributed by atoms with Gasteiger partial charge in [-0.15, -0.1) is 0 Å². The maximum Gasteiger partial charge on any atom is 0.186 e. The molecule has 0 saturated heterocycles. The summed E-state index contributed by atoms with van der Waals surface area (Å²) in [6, 6.07) is 0. The highest BCUT2D eigenvalue weighted by Crippen LogP contribution is 1.96. The fourth-order valence-electron chi connectivity index (χ4n) is 0. The van der Waals surface area contributed by atoms with Crippen LogP contribution in [0, 0.1) is 0 Å². The van der Waals surface area contributed by atoms with Crippen LogP contribution in [0.25, 0.3) is 0 Å². The maximum absolute atomic E-state index is 9.35. The largest absolute Gasteiger partial charge is 0.381 e. The number of aliphatic hydroxyl groups excluding tert-OH is 1. The van der Waals surface area contributed by atoms with Gasteiger partial charge >= 0.3 is 0 Å². The lowest BCUT2D eigenvalue weighted by Gasteiger charge is -1.77. The first-order valence-electron chi connectivity index (χ1n) is 1.28. The van der Waals surface area contributed by atoms with Crippen molar-refractivity contribution < 1.29 is 9.67 Å². The molecule has 5 heavy (non-hydrogen) atoms. The van der Waals surface area contributed by atoms with E-state index in [1.807, 2.05) is 0 Å². The molecule has 0 aliphatic heterocycles. The maximum atomic E-state index is 9.35. The van der Waals surface area contributed by atoms with Crippen LogP contribution in [0.2, 0.25) is 0 Å². The fraction of sp³-hybridized carbons (Fsp3) is 1.00. The SMILES string of the molecule is CC(O)P=O. The summed E-state index contributed by atoms with van der Waals surface area (Å²) in [7, 11) is -0.198. The summed E-state index contributed by atoms with van der Waals surface area (Å²) in [5.74, 6) is -0.699. The first-order chi connectivity index (χ1) is 2.27. The van der Waals surface area contributed by atoms with Crippen molar-refractivity contribution in [3.63, 3.8) is 0 Å². The van der Waals surface area contributed by atoms with Gasteiger partial charge in [0.25, 0.3) is 0 Å². The van der Waals surface area contributed by atoms with E-state index in [1.165, 1.54) is 6.92 Å². The zero-order valence-electron chi connectivity index (χ0n) is 2.88. The molecule has 0 aromatic carbocycles. The Morgan fingerprint density at radius 3 is 2.20 bits per heavy atom. The van der Waals surface area contributed by atoms with Crippen LogP contribution in [-0.2, 0) is 4.57 Å². The van der Waals surface area contributed by atoms with E-state index in [0.717, 1.165) is 0 Å². The van der Waals surface area contributed by atoms with Crippen molar-refractivity contribution >= 4 is 8.46 Å². The Hall–Kier alpha value is 0.0600. The lowest BCUT2D eigenvalue weighted by atomic mass is 10.9. The van der Waals surface area contributed by atoms with E-state index in [9.17, 15) is 4.57 Å². The van der Waals surface area contributed by atoms with Gasteiger partial charge < -0.3 is 5.11 Å². The van der Waals surface area contributed by atoms with E-state index in [4.69, 9.17) is 5.11 Å². The molecule has 1 N–H and O–H groups in total. The lowest BCUT2D eigenvalue weighted by Crippen LogP contribution is -1.80. The molecule has 0 saturated carbocycles. The van der Waals surface area contributed by atoms with Gasteiger partial charge in [-0.1, -0.05) is 0 Å². The van der Waals surface area contributed by atoms with Crippen LogP contribution in [0.3, 0.4) is 0 Å². The van der Waals surface area contributed by atoms with E-state index >= 15 is 0 Å². The summed E-state index contributed by atoms with van der Waals surface area (Å²) in [6.45, 7) is 1.45. The van der Waals surface area contributed by atoms with Crippen LogP contribution in [0.4, 0.5) is 0 Å². The summed E-state index contributed by atoms with van der Waals surface area (Å²) in [4.78, 5) is 0. The van der Waals surface area contributed by atoms with E-state index in [0.29, 0.717) is 0 Å². The average Bonchev–Trinajstić information content (AvgIpc) is 1.38. The average molecular weight is 92.0 g/mol. The molecular formula is C2H5O2P. The third kappa shape index (κ3) is 4.06. The van der Waals surface area contributed by atoms with Crippen LogP contribution >= 0.6 is 8.46 Å². The molecular weight excluding hydrogens is 87.0 g/mol. The predicted molar refractivity (Wildman–Crippen MR) is 19.3 cm³/mol. The Morgan fingerprint density at radius 2 is 2.20 bits per heavy atom. The molecule has 2 nitrogen and oxygen atoms in total. The van der Waals surface area contributed by atoms with Gasteiger partial charge in [-0.25, -0.2) is 0 Å². The Labute approximate surface area is 32.0 Å². The summed E-state index contributed by atoms with van der Waals surface area (Å²) in [6.07, 6.45) is 0. The Morgan fingerprint density at radius 1 is 2.00 bits per heavy atom. The van der Waals surface area contributed by atoms with Gasteiger partial charge in [0.2, 0.25) is 0 Å². The zero-order chi connectivity index (χ0) is 4.28. The standard InChI is InChI=1S/C2H5O2P/c1-2(3)5-4/h2-3H,1H3. The van der Waals surface area contributed by atoms with Crippen LogP contribution < -0.4 is 0 Å². The van der Waals surface area contributed by atoms with Crippen molar-refractivity contribution in [3.8, 4) is 0 Å². The summed E-state index contributed by atoms with van der Waals surface area (Å²) < 4.78 is 9.35. The minimum Gasteiger partial charge on any atom is -0.381 e. The van der Waals surface area contributed by atoms with E-state index in [-0.39, 0.29) is 8.46 Å². The highest BCUT2D eigenvalue weighted by molar-refractivity contribution is 7.24. The molecule has 0 radical (unpaired) electrons. The van der Waals surface area contributed by atoms with Crippen LogP contribution in [0.15, 0.2) is 0 Å². The normalized spacial score (nSPS) is 15.6. The molecule has 0 spiro atoms. The van der Waals surface area contributed by atoms with E-state index < -0.39 is 5.85 Å². The Balaban J connectivity index is 2.83. The van der Waals surface area contributed by atoms with Crippen molar-refractivity contribution in [3.05, 3.63) is 0 Å². The summed E-state index contributed by atoms with van der Waals surface area (Å²) in [5.41, 5.74) is 0. The van der Waals surface area contributed by atoms with Crippen LogP contribution in [0.1, 0.15) is 6.92 Å². The molecule has 1 atom stereocenters. The second kappa shape index (κ2) is 2.31. The quantitative estimate of drug-likeness (QED) is 0.481. The highest BCUT2D eigenvalue weighted by atomic mass is 31.1. The van der Waals surface area contributed by atoms with E-state index in [2.05, 4.69) is 0 Å². The van der Waals surface area contributed by atoms with Crippen molar-refractivity contribution in [1.29, 1.82) is 0 Å². The second-order valence-electron chi connectivity index (χ2n) is 0.737. The first-order valence-corrected chi connectivity index (χ1v) is 2.16. The molecule has 0 heterocycles. The predicted octanol–water partition coefficient (Wildman–Crippen LogP) is 0.616. The van der Waals surface area contributed by atoms with Crippen molar-refractivity contribution in [2.75, 3.05) is 0 Å². The van der Waals surface area contributed by atoms with Gasteiger partial charge in [0.1, 0.15) is 5.85 Å². The molecule has 30 valence electrons. The van der Waals surface area contributed by atoms with E-state index in [1.54, 1.807) is 0 Å². The number of hydrogen-bond acceptors (Lipinski definition) is 2. The third-order valence-electron chi connectivity index (χ3n) is 0.153. The smallest absolute Gasteiger partial charge is 0.186 e. The minimum absolute atomic E-state index is 0.198. The Kier molecular flexibility index (Phi) is 2.33. The molecule has 1 unspecified atom stereocenters. The third-order valence-corrected chi connectivity index (χ3v) is 0.458. The summed E-state index contributed by atoms with van der Waals surface area (Å²) >= 11 is 0. The second-order valence-corrected chi connectivity index (χ2v) is 1.70. The van der Waals surface area contributed by atoms with Crippen molar-refractivity contribution in [2.24, 2.45) is 0 Å². The van der Waals surface area contributed by atoms with Gasteiger partial charge in [0.05, 0.1) is 0 Å². The van der Waals surface area contributed by atoms with Crippen molar-refractivity contribution in [2.45, 2.75) is 12.8 Å². The molecule has 0 amide bonds. The number of hydrogen-bond donors (Lipinski definition) is 1. The molecule has 0 aliphatic carbocycles. The molecule has 0 aliphatic rings. The Bertz CT molecular complexity index is 34.6. The number of rotatable bonds is 1. The minimum atomic E-state index is -0.699. The van der Waals surface area contributed by atoms with Gasteiger partial charge in [0.15, 0.2) is 8.46 Å². The van der Waals surface area contributed by atoms with Gasteiger partial charge in [-0.05, 0) is 6.92 Å². The molecule has 0 fully saturated rings. The van der Waals surface area contributed by atoms with Gasteiger partial charge in [0, 0.05) is 0 Å². The fourth-order valence-corrected chi connectivity index (χ4v) is 0. The lowest BCUT2D eigenvalue weighted by molar-refractivity contribution is 0.276. The van der Waals surface area contributed by atoms with Gasteiger partial charge in [-0.3, -0.25) is 4.57 Å². The zero-order valence-corrected chi connectivity index (χ0v) is 3.77. The number of aliphatic hydroxyl groups is 1. The molecule has 0 bridgehead atoms. The molecule has 3 heteroatoms. The monoisotopic (exact) mass is 92.0 g/mol. The van der Waals surface area contributed by atoms with Crippen LogP contribution in [0.5, 0.6) is 0 Å². The molecule has 0 aromatic heterocycles. The van der Waals surface area contributed by atoms with Gasteiger partial charge in [-0.2, -0.15) is 0 Å². The topological polar surface area (TPSA) is 37.3 Å². The summed E-state index contributed by atoms with van der Waals surface area (Å²) in [5, 5.41) is 8.04. The molecule has 0 aromatic rings. The highest BCUT2D eigenvalue weighted by Gasteiger charge is 1.83. The molecule has 0 rings (SSSR count).